The van der Waals surface area contributed by atoms with Crippen LogP contribution in [0.5, 0.6) is 0 Å². The Hall–Kier alpha value is -0.540. The fourth-order valence-corrected chi connectivity index (χ4v) is 3.34. The first kappa shape index (κ1) is 11.9. The van der Waals surface area contributed by atoms with Crippen LogP contribution >= 0.6 is 11.8 Å². The average molecular weight is 236 g/mol. The average Bonchev–Trinajstić information content (AvgIpc) is 2.74. The molecule has 1 fully saturated rings. The van der Waals surface area contributed by atoms with Crippen LogP contribution in [-0.4, -0.2) is 22.5 Å². The standard InChI is InChI=1S/C13H20N2S/c1-10-5-3-6-11(15-10)9-14-12-7-4-8-13(12)16-2/h3,5-6,12-14H,4,7-9H2,1-2H3. The maximum Gasteiger partial charge on any atom is 0.0544 e. The van der Waals surface area contributed by atoms with Gasteiger partial charge in [-0.2, -0.15) is 11.8 Å². The highest BCUT2D eigenvalue weighted by atomic mass is 32.2. The Bertz CT molecular complexity index is 340. The summed E-state index contributed by atoms with van der Waals surface area (Å²) in [5, 5.41) is 4.44. The van der Waals surface area contributed by atoms with Crippen molar-refractivity contribution in [1.82, 2.24) is 10.3 Å². The summed E-state index contributed by atoms with van der Waals surface area (Å²) in [6.07, 6.45) is 6.26. The molecule has 2 atom stereocenters. The van der Waals surface area contributed by atoms with Crippen LogP contribution in [0.2, 0.25) is 0 Å². The van der Waals surface area contributed by atoms with Crippen molar-refractivity contribution in [1.29, 1.82) is 0 Å². The van der Waals surface area contributed by atoms with E-state index in [0.717, 1.165) is 23.2 Å². The van der Waals surface area contributed by atoms with E-state index < -0.39 is 0 Å². The van der Waals surface area contributed by atoms with Gasteiger partial charge in [0, 0.05) is 23.5 Å². The highest BCUT2D eigenvalue weighted by Crippen LogP contribution is 2.28. The van der Waals surface area contributed by atoms with E-state index in [-0.39, 0.29) is 0 Å². The summed E-state index contributed by atoms with van der Waals surface area (Å²) >= 11 is 2.00. The molecule has 1 aliphatic rings. The van der Waals surface area contributed by atoms with Crippen LogP contribution < -0.4 is 5.32 Å². The molecule has 1 heterocycles. The second-order valence-corrected chi connectivity index (χ2v) is 5.54. The molecular formula is C13H20N2S. The zero-order chi connectivity index (χ0) is 11.4. The first-order valence-electron chi connectivity index (χ1n) is 5.98. The van der Waals surface area contributed by atoms with Gasteiger partial charge >= 0.3 is 0 Å². The summed E-state index contributed by atoms with van der Waals surface area (Å²) in [6, 6.07) is 6.91. The van der Waals surface area contributed by atoms with E-state index in [2.05, 4.69) is 28.7 Å². The highest BCUT2D eigenvalue weighted by Gasteiger charge is 2.25. The zero-order valence-electron chi connectivity index (χ0n) is 10.1. The van der Waals surface area contributed by atoms with Gasteiger partial charge in [-0.15, -0.1) is 0 Å². The quantitative estimate of drug-likeness (QED) is 0.870. The molecule has 0 spiro atoms. The molecule has 88 valence electrons. The number of aromatic nitrogens is 1. The Morgan fingerprint density at radius 1 is 1.44 bits per heavy atom. The summed E-state index contributed by atoms with van der Waals surface area (Å²) in [5.41, 5.74) is 2.26. The minimum absolute atomic E-state index is 0.678. The fourth-order valence-electron chi connectivity index (χ4n) is 2.38. The number of nitrogens with one attached hydrogen (secondary N) is 1. The third kappa shape index (κ3) is 2.98. The molecule has 2 nitrogen and oxygen atoms in total. The van der Waals surface area contributed by atoms with Gasteiger partial charge in [0.25, 0.3) is 0 Å². The Labute approximate surface area is 102 Å². The van der Waals surface area contributed by atoms with Gasteiger partial charge in [0.05, 0.1) is 5.69 Å². The molecule has 0 aromatic carbocycles. The molecule has 1 saturated carbocycles. The van der Waals surface area contributed by atoms with Gasteiger partial charge in [-0.1, -0.05) is 12.5 Å². The van der Waals surface area contributed by atoms with Crippen molar-refractivity contribution in [2.45, 2.75) is 44.0 Å². The van der Waals surface area contributed by atoms with Crippen molar-refractivity contribution in [2.75, 3.05) is 6.26 Å². The summed E-state index contributed by atoms with van der Waals surface area (Å²) in [7, 11) is 0. The van der Waals surface area contributed by atoms with Gasteiger partial charge in [-0.05, 0) is 38.2 Å². The third-order valence-corrected chi connectivity index (χ3v) is 4.42. The summed E-state index contributed by atoms with van der Waals surface area (Å²) in [5.74, 6) is 0. The van der Waals surface area contributed by atoms with E-state index in [1.165, 1.54) is 19.3 Å². The maximum atomic E-state index is 4.52. The number of rotatable bonds is 4. The number of pyridine rings is 1. The minimum atomic E-state index is 0.678. The SMILES string of the molecule is CSC1CCCC1NCc1cccc(C)n1. The number of nitrogens with zero attached hydrogens (tertiary/aromatic N) is 1. The number of hydrogen-bond donors (Lipinski definition) is 1. The molecule has 0 amide bonds. The van der Waals surface area contributed by atoms with Crippen LogP contribution in [0.25, 0.3) is 0 Å². The lowest BCUT2D eigenvalue weighted by Crippen LogP contribution is -2.33. The summed E-state index contributed by atoms with van der Waals surface area (Å²) in [6.45, 7) is 2.95. The third-order valence-electron chi connectivity index (χ3n) is 3.25. The normalized spacial score (nSPS) is 24.9. The molecular weight excluding hydrogens is 216 g/mol. The van der Waals surface area contributed by atoms with Gasteiger partial charge in [-0.25, -0.2) is 0 Å². The number of hydrogen-bond acceptors (Lipinski definition) is 3. The molecule has 1 aliphatic carbocycles. The lowest BCUT2D eigenvalue weighted by atomic mass is 10.2. The van der Waals surface area contributed by atoms with Crippen molar-refractivity contribution in [2.24, 2.45) is 0 Å². The predicted molar refractivity (Wildman–Crippen MR) is 70.8 cm³/mol. The van der Waals surface area contributed by atoms with E-state index in [1.807, 2.05) is 24.8 Å². The molecule has 1 aromatic rings. The van der Waals surface area contributed by atoms with Crippen molar-refractivity contribution in [3.63, 3.8) is 0 Å². The summed E-state index contributed by atoms with van der Waals surface area (Å²) in [4.78, 5) is 4.52. The van der Waals surface area contributed by atoms with Crippen LogP contribution in [-0.2, 0) is 6.54 Å². The molecule has 3 heteroatoms. The monoisotopic (exact) mass is 236 g/mol. The van der Waals surface area contributed by atoms with Crippen LogP contribution in [0, 0.1) is 6.92 Å². The van der Waals surface area contributed by atoms with Crippen LogP contribution in [0.15, 0.2) is 18.2 Å². The van der Waals surface area contributed by atoms with Crippen LogP contribution in [0.4, 0.5) is 0 Å². The van der Waals surface area contributed by atoms with E-state index in [4.69, 9.17) is 0 Å². The number of aryl methyl sites for hydroxylation is 1. The molecule has 0 saturated heterocycles. The molecule has 1 aromatic heterocycles. The lowest BCUT2D eigenvalue weighted by Gasteiger charge is -2.18. The lowest BCUT2D eigenvalue weighted by molar-refractivity contribution is 0.527. The van der Waals surface area contributed by atoms with Crippen molar-refractivity contribution >= 4 is 11.8 Å². The van der Waals surface area contributed by atoms with Crippen LogP contribution in [0.1, 0.15) is 30.7 Å². The Morgan fingerprint density at radius 2 is 2.31 bits per heavy atom. The van der Waals surface area contributed by atoms with Gasteiger partial charge in [0.15, 0.2) is 0 Å². The molecule has 2 unspecified atom stereocenters. The molecule has 2 rings (SSSR count). The Balaban J connectivity index is 1.87. The maximum absolute atomic E-state index is 4.52. The van der Waals surface area contributed by atoms with E-state index in [1.54, 1.807) is 0 Å². The number of thioether (sulfide) groups is 1. The fraction of sp³-hybridized carbons (Fsp3) is 0.615. The van der Waals surface area contributed by atoms with Gasteiger partial charge in [0.1, 0.15) is 0 Å². The molecule has 16 heavy (non-hydrogen) atoms. The molecule has 0 radical (unpaired) electrons. The highest BCUT2D eigenvalue weighted by molar-refractivity contribution is 7.99. The van der Waals surface area contributed by atoms with Gasteiger partial charge in [-0.3, -0.25) is 4.98 Å². The molecule has 0 bridgehead atoms. The predicted octanol–water partition coefficient (Wildman–Crippen LogP) is 2.76. The molecule has 0 aliphatic heterocycles. The minimum Gasteiger partial charge on any atom is -0.307 e. The topological polar surface area (TPSA) is 24.9 Å². The second-order valence-electron chi connectivity index (χ2n) is 4.46. The Kier molecular flexibility index (Phi) is 4.24. The van der Waals surface area contributed by atoms with Crippen molar-refractivity contribution in [3.05, 3.63) is 29.6 Å². The first-order chi connectivity index (χ1) is 7.79. The van der Waals surface area contributed by atoms with Gasteiger partial charge in [0.2, 0.25) is 0 Å². The van der Waals surface area contributed by atoms with E-state index >= 15 is 0 Å². The van der Waals surface area contributed by atoms with Crippen molar-refractivity contribution in [3.8, 4) is 0 Å². The summed E-state index contributed by atoms with van der Waals surface area (Å²) < 4.78 is 0. The van der Waals surface area contributed by atoms with E-state index in [0.29, 0.717) is 6.04 Å². The Morgan fingerprint density at radius 3 is 3.06 bits per heavy atom. The zero-order valence-corrected chi connectivity index (χ0v) is 10.9. The largest absolute Gasteiger partial charge is 0.307 e. The molecule has 1 N–H and O–H groups in total. The second kappa shape index (κ2) is 5.69. The van der Waals surface area contributed by atoms with Crippen LogP contribution in [0.3, 0.4) is 0 Å². The smallest absolute Gasteiger partial charge is 0.0544 e. The van der Waals surface area contributed by atoms with Crippen molar-refractivity contribution < 1.29 is 0 Å². The van der Waals surface area contributed by atoms with E-state index in [9.17, 15) is 0 Å². The van der Waals surface area contributed by atoms with Gasteiger partial charge < -0.3 is 5.32 Å². The first-order valence-corrected chi connectivity index (χ1v) is 7.27.